The van der Waals surface area contributed by atoms with E-state index in [0.717, 1.165) is 11.1 Å². The lowest BCUT2D eigenvalue weighted by Crippen LogP contribution is -1.75. The van der Waals surface area contributed by atoms with Crippen molar-refractivity contribution in [3.8, 4) is 0 Å². The van der Waals surface area contributed by atoms with E-state index in [0.29, 0.717) is 0 Å². The van der Waals surface area contributed by atoms with E-state index in [1.165, 1.54) is 5.54 Å². The Morgan fingerprint density at radius 2 is 1.91 bits per heavy atom. The Hall–Kier alpha value is -1.01. The van der Waals surface area contributed by atoms with Crippen LogP contribution in [0.2, 0.25) is 0 Å². The van der Waals surface area contributed by atoms with Gasteiger partial charge in [0.2, 0.25) is 0 Å². The van der Waals surface area contributed by atoms with Crippen molar-refractivity contribution in [2.24, 2.45) is 0 Å². The smallest absolute Gasteiger partial charge is 0.00484 e. The summed E-state index contributed by atoms with van der Waals surface area (Å²) in [6, 6.07) is 9.92. The molecule has 0 atom stereocenters. The first kappa shape index (κ1) is 8.09. The van der Waals surface area contributed by atoms with Crippen LogP contribution in [0.1, 0.15) is 5.56 Å². The summed E-state index contributed by atoms with van der Waals surface area (Å²) >= 11 is 5.40. The molecule has 0 fully saturated rings. The van der Waals surface area contributed by atoms with Crippen LogP contribution in [0.5, 0.6) is 0 Å². The van der Waals surface area contributed by atoms with Gasteiger partial charge in [-0.05, 0) is 17.2 Å². The first-order chi connectivity index (χ1) is 5.34. The Balaban J connectivity index is 2.86. The van der Waals surface area contributed by atoms with Crippen LogP contribution in [0.15, 0.2) is 48.5 Å². The molecule has 0 heterocycles. The number of benzene rings is 1. The van der Waals surface area contributed by atoms with Gasteiger partial charge in [-0.1, -0.05) is 48.5 Å². The quantitative estimate of drug-likeness (QED) is 0.588. The zero-order valence-electron chi connectivity index (χ0n) is 6.13. The van der Waals surface area contributed by atoms with Gasteiger partial charge in [-0.25, -0.2) is 0 Å². The standard InChI is InChI=1S/C10H9Cl/c1-9(7-8-11)10-5-3-2-4-6-10/h2-8H,1H2. The van der Waals surface area contributed by atoms with Gasteiger partial charge in [0.15, 0.2) is 0 Å². The van der Waals surface area contributed by atoms with Gasteiger partial charge in [-0.3, -0.25) is 0 Å². The van der Waals surface area contributed by atoms with Crippen molar-refractivity contribution < 1.29 is 0 Å². The fraction of sp³-hybridized carbons (Fsp3) is 0. The Bertz CT molecular complexity index is 259. The van der Waals surface area contributed by atoms with Crippen LogP contribution < -0.4 is 0 Å². The predicted molar refractivity (Wildman–Crippen MR) is 50.5 cm³/mol. The van der Waals surface area contributed by atoms with Crippen molar-refractivity contribution in [2.75, 3.05) is 0 Å². The molecule has 0 radical (unpaired) electrons. The highest BCUT2D eigenvalue weighted by molar-refractivity contribution is 6.26. The summed E-state index contributed by atoms with van der Waals surface area (Å²) in [7, 11) is 0. The zero-order chi connectivity index (χ0) is 8.10. The summed E-state index contributed by atoms with van der Waals surface area (Å²) in [6.07, 6.45) is 1.77. The third-order valence-electron chi connectivity index (χ3n) is 1.41. The maximum absolute atomic E-state index is 5.40. The minimum Gasteiger partial charge on any atom is -0.0929 e. The third kappa shape index (κ3) is 2.24. The van der Waals surface area contributed by atoms with Gasteiger partial charge in [0.05, 0.1) is 0 Å². The van der Waals surface area contributed by atoms with Gasteiger partial charge in [-0.2, -0.15) is 0 Å². The largest absolute Gasteiger partial charge is 0.0929 e. The van der Waals surface area contributed by atoms with Gasteiger partial charge in [0.25, 0.3) is 0 Å². The number of hydrogen-bond acceptors (Lipinski definition) is 0. The molecule has 56 valence electrons. The van der Waals surface area contributed by atoms with Gasteiger partial charge < -0.3 is 0 Å². The lowest BCUT2D eigenvalue weighted by Gasteiger charge is -1.96. The molecule has 1 aromatic carbocycles. The van der Waals surface area contributed by atoms with Crippen LogP contribution >= 0.6 is 11.6 Å². The number of rotatable bonds is 2. The van der Waals surface area contributed by atoms with E-state index in [1.54, 1.807) is 6.08 Å². The Morgan fingerprint density at radius 3 is 2.45 bits per heavy atom. The molecule has 0 unspecified atom stereocenters. The van der Waals surface area contributed by atoms with Crippen molar-refractivity contribution in [1.29, 1.82) is 0 Å². The second-order valence-corrected chi connectivity index (χ2v) is 2.44. The van der Waals surface area contributed by atoms with Crippen molar-refractivity contribution in [1.82, 2.24) is 0 Å². The summed E-state index contributed by atoms with van der Waals surface area (Å²) < 4.78 is 0. The van der Waals surface area contributed by atoms with Crippen LogP contribution in [-0.2, 0) is 0 Å². The maximum atomic E-state index is 5.40. The molecule has 0 N–H and O–H groups in total. The lowest BCUT2D eigenvalue weighted by atomic mass is 10.1. The van der Waals surface area contributed by atoms with E-state index in [9.17, 15) is 0 Å². The van der Waals surface area contributed by atoms with E-state index in [1.807, 2.05) is 30.3 Å². The van der Waals surface area contributed by atoms with E-state index >= 15 is 0 Å². The zero-order valence-corrected chi connectivity index (χ0v) is 6.88. The molecule has 1 heteroatoms. The Kier molecular flexibility index (Phi) is 2.94. The van der Waals surface area contributed by atoms with Crippen LogP contribution in [0.3, 0.4) is 0 Å². The third-order valence-corrected chi connectivity index (χ3v) is 1.53. The van der Waals surface area contributed by atoms with E-state index in [2.05, 4.69) is 6.58 Å². The van der Waals surface area contributed by atoms with Crippen LogP contribution in [0.4, 0.5) is 0 Å². The molecule has 1 aromatic rings. The van der Waals surface area contributed by atoms with Crippen LogP contribution in [0.25, 0.3) is 5.57 Å². The van der Waals surface area contributed by atoms with Gasteiger partial charge >= 0.3 is 0 Å². The van der Waals surface area contributed by atoms with Crippen LogP contribution in [0, 0.1) is 0 Å². The molecule has 0 spiro atoms. The molecule has 0 aliphatic heterocycles. The Labute approximate surface area is 71.8 Å². The molecule has 0 nitrogen and oxygen atoms in total. The van der Waals surface area contributed by atoms with Gasteiger partial charge in [-0.15, -0.1) is 0 Å². The highest BCUT2D eigenvalue weighted by Gasteiger charge is 1.90. The molecule has 11 heavy (non-hydrogen) atoms. The first-order valence-corrected chi connectivity index (χ1v) is 3.79. The lowest BCUT2D eigenvalue weighted by molar-refractivity contribution is 1.63. The van der Waals surface area contributed by atoms with E-state index in [4.69, 9.17) is 11.6 Å². The fourth-order valence-corrected chi connectivity index (χ4v) is 0.977. The molecule has 0 aliphatic carbocycles. The summed E-state index contributed by atoms with van der Waals surface area (Å²) in [5.41, 5.74) is 3.50. The summed E-state index contributed by atoms with van der Waals surface area (Å²) in [5.74, 6) is 0. The number of halogens is 1. The second-order valence-electron chi connectivity index (χ2n) is 2.18. The predicted octanol–water partition coefficient (Wildman–Crippen LogP) is 3.45. The van der Waals surface area contributed by atoms with Gasteiger partial charge in [0, 0.05) is 5.54 Å². The fourth-order valence-electron chi connectivity index (χ4n) is 0.824. The average Bonchev–Trinajstić information content (AvgIpc) is 2.07. The molecule has 0 saturated carbocycles. The highest BCUT2D eigenvalue weighted by Crippen LogP contribution is 2.12. The van der Waals surface area contributed by atoms with E-state index in [-0.39, 0.29) is 0 Å². The molecule has 0 aromatic heterocycles. The second kappa shape index (κ2) is 3.99. The molecule has 1 rings (SSSR count). The van der Waals surface area contributed by atoms with Crippen molar-refractivity contribution >= 4 is 17.2 Å². The normalized spacial score (nSPS) is 10.3. The Morgan fingerprint density at radius 1 is 1.27 bits per heavy atom. The maximum Gasteiger partial charge on any atom is 0.00484 e. The van der Waals surface area contributed by atoms with Crippen molar-refractivity contribution in [3.05, 3.63) is 54.1 Å². The monoisotopic (exact) mass is 164 g/mol. The minimum absolute atomic E-state index is 0.931. The van der Waals surface area contributed by atoms with Crippen molar-refractivity contribution in [2.45, 2.75) is 0 Å². The molecule has 0 saturated heterocycles. The molecule has 0 aliphatic rings. The summed E-state index contributed by atoms with van der Waals surface area (Å²) in [4.78, 5) is 0. The molecular weight excluding hydrogens is 156 g/mol. The summed E-state index contributed by atoms with van der Waals surface area (Å²) in [5, 5.41) is 0. The van der Waals surface area contributed by atoms with Crippen LogP contribution in [-0.4, -0.2) is 0 Å². The molecule has 0 bridgehead atoms. The SMILES string of the molecule is C=C(C=CCl)c1ccccc1. The minimum atomic E-state index is 0.931. The number of allylic oxidation sites excluding steroid dienone is 2. The highest BCUT2D eigenvalue weighted by atomic mass is 35.5. The average molecular weight is 165 g/mol. The van der Waals surface area contributed by atoms with E-state index < -0.39 is 0 Å². The molecular formula is C10H9Cl. The molecule has 0 amide bonds. The first-order valence-electron chi connectivity index (χ1n) is 3.35. The van der Waals surface area contributed by atoms with Gasteiger partial charge in [0.1, 0.15) is 0 Å². The number of hydrogen-bond donors (Lipinski definition) is 0. The topological polar surface area (TPSA) is 0 Å². The summed E-state index contributed by atoms with van der Waals surface area (Å²) in [6.45, 7) is 3.84. The van der Waals surface area contributed by atoms with Crippen molar-refractivity contribution in [3.63, 3.8) is 0 Å².